The summed E-state index contributed by atoms with van der Waals surface area (Å²) in [6, 6.07) is 10.3. The van der Waals surface area contributed by atoms with Gasteiger partial charge in [-0.15, -0.1) is 11.3 Å². The highest BCUT2D eigenvalue weighted by Gasteiger charge is 2.21. The van der Waals surface area contributed by atoms with Crippen molar-refractivity contribution in [3.8, 4) is 10.4 Å². The van der Waals surface area contributed by atoms with Gasteiger partial charge >= 0.3 is 5.76 Å². The highest BCUT2D eigenvalue weighted by atomic mass is 32.1. The second kappa shape index (κ2) is 5.51. The van der Waals surface area contributed by atoms with Gasteiger partial charge in [0.1, 0.15) is 0 Å². The van der Waals surface area contributed by atoms with Crippen LogP contribution in [0, 0.1) is 0 Å². The predicted octanol–water partition coefficient (Wildman–Crippen LogP) is 2.12. The third kappa shape index (κ3) is 2.59. The Bertz CT molecular complexity index is 938. The average Bonchev–Trinajstić information content (AvgIpc) is 3.18. The molecule has 0 fully saturated rings. The van der Waals surface area contributed by atoms with Gasteiger partial charge in [0.15, 0.2) is 5.82 Å². The minimum Gasteiger partial charge on any atom is -0.344 e. The molecule has 0 aliphatic heterocycles. The number of amides is 1. The monoisotopic (exact) mass is 327 g/mol. The topological polar surface area (TPSA) is 88.0 Å². The van der Waals surface area contributed by atoms with Crippen molar-refractivity contribution in [1.29, 1.82) is 0 Å². The lowest BCUT2D eigenvalue weighted by molar-refractivity contribution is 0.0953. The fourth-order valence-corrected chi connectivity index (χ4v) is 3.96. The van der Waals surface area contributed by atoms with Crippen LogP contribution in [-0.4, -0.2) is 16.0 Å². The molecule has 116 valence electrons. The summed E-state index contributed by atoms with van der Waals surface area (Å²) in [7, 11) is 0. The Balaban J connectivity index is 1.56. The van der Waals surface area contributed by atoms with Crippen LogP contribution in [0.1, 0.15) is 26.6 Å². The van der Waals surface area contributed by atoms with Crippen molar-refractivity contribution in [2.45, 2.75) is 19.4 Å². The summed E-state index contributed by atoms with van der Waals surface area (Å²) in [5.41, 5.74) is 3.77. The molecular weight excluding hydrogens is 314 g/mol. The van der Waals surface area contributed by atoms with E-state index in [-0.39, 0.29) is 12.5 Å². The number of fused-ring (bicyclic) bond motifs is 3. The SMILES string of the molecule is O=C(NCc1noc(=O)[nH]1)c1cc2c(s1)-c1ccccc1CC2. The van der Waals surface area contributed by atoms with Gasteiger partial charge in [-0.05, 0) is 35.6 Å². The number of aromatic amines is 1. The lowest BCUT2D eigenvalue weighted by Crippen LogP contribution is -2.22. The number of rotatable bonds is 3. The number of carbonyl (C=O) groups excluding carboxylic acids is 1. The van der Waals surface area contributed by atoms with Crippen LogP contribution in [0.25, 0.3) is 10.4 Å². The standard InChI is InChI=1S/C16H13N3O3S/c20-15(17-8-13-18-16(21)22-19-13)12-7-10-6-5-9-3-1-2-4-11(9)14(10)23-12/h1-4,7H,5-6,8H2,(H,17,20)(H,18,19,21). The molecule has 2 aromatic heterocycles. The van der Waals surface area contributed by atoms with Gasteiger partial charge in [0.25, 0.3) is 5.91 Å². The minimum absolute atomic E-state index is 0.129. The van der Waals surface area contributed by atoms with Crippen molar-refractivity contribution in [2.24, 2.45) is 0 Å². The van der Waals surface area contributed by atoms with Gasteiger partial charge in [0.05, 0.1) is 11.4 Å². The predicted molar refractivity (Wildman–Crippen MR) is 85.5 cm³/mol. The van der Waals surface area contributed by atoms with E-state index in [0.29, 0.717) is 10.7 Å². The molecule has 0 bridgehead atoms. The van der Waals surface area contributed by atoms with E-state index in [1.54, 1.807) is 0 Å². The van der Waals surface area contributed by atoms with Crippen molar-refractivity contribution in [1.82, 2.24) is 15.5 Å². The number of thiophene rings is 1. The number of benzene rings is 1. The maximum atomic E-state index is 12.3. The summed E-state index contributed by atoms with van der Waals surface area (Å²) < 4.78 is 4.40. The van der Waals surface area contributed by atoms with E-state index >= 15 is 0 Å². The zero-order valence-corrected chi connectivity index (χ0v) is 12.9. The van der Waals surface area contributed by atoms with Gasteiger partial charge < -0.3 is 5.32 Å². The summed E-state index contributed by atoms with van der Waals surface area (Å²) in [5.74, 6) is -0.502. The van der Waals surface area contributed by atoms with Crippen molar-refractivity contribution in [3.05, 3.63) is 62.7 Å². The highest BCUT2D eigenvalue weighted by Crippen LogP contribution is 2.39. The first-order valence-electron chi connectivity index (χ1n) is 7.25. The number of H-pyrrole nitrogens is 1. The van der Waals surface area contributed by atoms with E-state index < -0.39 is 5.76 Å². The van der Waals surface area contributed by atoms with E-state index in [1.807, 2.05) is 18.2 Å². The molecule has 0 atom stereocenters. The molecule has 1 amide bonds. The van der Waals surface area contributed by atoms with Gasteiger partial charge in [0, 0.05) is 4.88 Å². The molecule has 1 aliphatic rings. The van der Waals surface area contributed by atoms with Crippen LogP contribution < -0.4 is 11.1 Å². The van der Waals surface area contributed by atoms with Crippen LogP contribution in [0.15, 0.2) is 39.6 Å². The Morgan fingerprint density at radius 2 is 2.13 bits per heavy atom. The molecule has 0 saturated carbocycles. The van der Waals surface area contributed by atoms with Gasteiger partial charge in [0.2, 0.25) is 0 Å². The molecule has 1 aromatic carbocycles. The zero-order valence-electron chi connectivity index (χ0n) is 12.1. The van der Waals surface area contributed by atoms with Crippen LogP contribution in [0.4, 0.5) is 0 Å². The largest absolute Gasteiger partial charge is 0.438 e. The van der Waals surface area contributed by atoms with Gasteiger partial charge in [-0.2, -0.15) is 0 Å². The summed E-state index contributed by atoms with van der Waals surface area (Å²) in [6.45, 7) is 0.129. The van der Waals surface area contributed by atoms with E-state index in [0.717, 1.165) is 12.8 Å². The Morgan fingerprint density at radius 1 is 1.30 bits per heavy atom. The van der Waals surface area contributed by atoms with E-state index in [9.17, 15) is 9.59 Å². The number of hydrogen-bond donors (Lipinski definition) is 2. The molecule has 6 nitrogen and oxygen atoms in total. The number of nitrogens with zero attached hydrogens (tertiary/aromatic N) is 1. The lowest BCUT2D eigenvalue weighted by Gasteiger charge is -2.15. The molecule has 0 radical (unpaired) electrons. The van der Waals surface area contributed by atoms with Crippen LogP contribution >= 0.6 is 11.3 Å². The minimum atomic E-state index is -0.627. The average molecular weight is 327 g/mol. The van der Waals surface area contributed by atoms with Crippen molar-refractivity contribution in [2.75, 3.05) is 0 Å². The number of aromatic nitrogens is 2. The van der Waals surface area contributed by atoms with Crippen LogP contribution in [0.2, 0.25) is 0 Å². The molecule has 1 aliphatic carbocycles. The van der Waals surface area contributed by atoms with E-state index in [2.05, 4.69) is 32.1 Å². The molecule has 0 spiro atoms. The third-order valence-electron chi connectivity index (χ3n) is 3.86. The van der Waals surface area contributed by atoms with Crippen molar-refractivity contribution >= 4 is 17.2 Å². The smallest absolute Gasteiger partial charge is 0.344 e. The zero-order chi connectivity index (χ0) is 15.8. The normalized spacial score (nSPS) is 12.5. The molecule has 4 rings (SSSR count). The third-order valence-corrected chi connectivity index (χ3v) is 5.07. The van der Waals surface area contributed by atoms with E-state index in [1.165, 1.54) is 32.9 Å². The van der Waals surface area contributed by atoms with Crippen LogP contribution in [0.5, 0.6) is 0 Å². The second-order valence-electron chi connectivity index (χ2n) is 5.35. The molecule has 2 N–H and O–H groups in total. The van der Waals surface area contributed by atoms with Crippen LogP contribution in [-0.2, 0) is 19.4 Å². The lowest BCUT2D eigenvalue weighted by atomic mass is 9.91. The van der Waals surface area contributed by atoms with Gasteiger partial charge in [-0.1, -0.05) is 29.4 Å². The Morgan fingerprint density at radius 3 is 2.96 bits per heavy atom. The first kappa shape index (κ1) is 14.0. The molecule has 0 unspecified atom stereocenters. The Labute approximate surface area is 135 Å². The van der Waals surface area contributed by atoms with Gasteiger partial charge in [-0.25, -0.2) is 4.79 Å². The highest BCUT2D eigenvalue weighted by molar-refractivity contribution is 7.17. The second-order valence-corrected chi connectivity index (χ2v) is 6.40. The summed E-state index contributed by atoms with van der Waals surface area (Å²) in [4.78, 5) is 27.4. The molecule has 23 heavy (non-hydrogen) atoms. The first-order chi connectivity index (χ1) is 11.2. The number of carbonyl (C=O) groups is 1. The fraction of sp³-hybridized carbons (Fsp3) is 0.188. The molecule has 7 heteroatoms. The summed E-state index contributed by atoms with van der Waals surface area (Å²) >= 11 is 1.50. The maximum absolute atomic E-state index is 12.3. The number of nitrogens with one attached hydrogen (secondary N) is 2. The van der Waals surface area contributed by atoms with Gasteiger partial charge in [-0.3, -0.25) is 14.3 Å². The van der Waals surface area contributed by atoms with Crippen molar-refractivity contribution in [3.63, 3.8) is 0 Å². The summed E-state index contributed by atoms with van der Waals surface area (Å²) in [6.07, 6.45) is 1.95. The van der Waals surface area contributed by atoms with E-state index in [4.69, 9.17) is 0 Å². The van der Waals surface area contributed by atoms with Crippen LogP contribution in [0.3, 0.4) is 0 Å². The number of aryl methyl sites for hydroxylation is 2. The molecule has 0 saturated heterocycles. The fourth-order valence-electron chi connectivity index (χ4n) is 2.77. The maximum Gasteiger partial charge on any atom is 0.438 e. The quantitative estimate of drug-likeness (QED) is 0.771. The Hall–Kier alpha value is -2.67. The Kier molecular flexibility index (Phi) is 3.34. The van der Waals surface area contributed by atoms with Crippen molar-refractivity contribution < 1.29 is 9.32 Å². The first-order valence-corrected chi connectivity index (χ1v) is 8.06. The molecule has 2 heterocycles. The molecular formula is C16H13N3O3S. The summed E-state index contributed by atoms with van der Waals surface area (Å²) in [5, 5.41) is 6.26. The molecule has 3 aromatic rings. The number of hydrogen-bond acceptors (Lipinski definition) is 5.